The molecule has 4 rings (SSSR count). The number of benzene rings is 2. The highest BCUT2D eigenvalue weighted by Gasteiger charge is 2.32. The summed E-state index contributed by atoms with van der Waals surface area (Å²) in [5.74, 6) is -1.08. The Labute approximate surface area is 184 Å². The Balaban J connectivity index is 1.43. The van der Waals surface area contributed by atoms with Crippen LogP contribution in [0.25, 0.3) is 0 Å². The number of piperidine rings is 1. The number of halogens is 1. The van der Waals surface area contributed by atoms with Crippen LogP contribution in [0.2, 0.25) is 0 Å². The normalized spacial score (nSPS) is 17.4. The van der Waals surface area contributed by atoms with Crippen molar-refractivity contribution < 1.29 is 17.6 Å². The van der Waals surface area contributed by atoms with Crippen molar-refractivity contribution in [3.63, 3.8) is 0 Å². The highest BCUT2D eigenvalue weighted by molar-refractivity contribution is 7.88. The summed E-state index contributed by atoms with van der Waals surface area (Å²) in [5, 5.41) is 11.5. The topological polar surface area (TPSA) is 92.3 Å². The lowest BCUT2D eigenvalue weighted by atomic mass is 10.0. The van der Waals surface area contributed by atoms with E-state index in [1.165, 1.54) is 22.5 Å². The molecule has 1 N–H and O–H groups in total. The zero-order valence-corrected chi connectivity index (χ0v) is 18.2. The summed E-state index contributed by atoms with van der Waals surface area (Å²) in [7, 11) is -3.46. The minimum Gasteiger partial charge on any atom is -0.320 e. The van der Waals surface area contributed by atoms with Gasteiger partial charge >= 0.3 is 0 Å². The highest BCUT2D eigenvalue weighted by atomic mass is 32.2. The quantitative estimate of drug-likeness (QED) is 0.606. The maximum atomic E-state index is 13.3. The molecule has 1 aliphatic rings. The lowest BCUT2D eigenvalue weighted by Gasteiger charge is -2.30. The molecule has 2 aromatic carbocycles. The monoisotopic (exact) mass is 460 g/mol. The van der Waals surface area contributed by atoms with Crippen molar-refractivity contribution in [3.8, 4) is 0 Å². The molecule has 2 heterocycles. The molecule has 0 spiro atoms. The third-order valence-corrected chi connectivity index (χ3v) is 7.94. The number of sulfonamides is 1. The number of nitrogens with one attached hydrogen (secondary N) is 1. The van der Waals surface area contributed by atoms with E-state index in [1.54, 1.807) is 18.2 Å². The van der Waals surface area contributed by atoms with Gasteiger partial charge in [-0.1, -0.05) is 47.7 Å². The SMILES string of the molecule is O=C(Nc1cccc(F)c1)c1nnc([C@H]2CCCN(S(=O)(=O)Cc3ccccc3)C2)s1. The predicted octanol–water partition coefficient (Wildman–Crippen LogP) is 3.64. The van der Waals surface area contributed by atoms with Crippen LogP contribution in [0.4, 0.5) is 10.1 Å². The lowest BCUT2D eigenvalue weighted by Crippen LogP contribution is -2.39. The van der Waals surface area contributed by atoms with Gasteiger partial charge in [-0.2, -0.15) is 0 Å². The van der Waals surface area contributed by atoms with Crippen molar-refractivity contribution in [3.05, 3.63) is 76.0 Å². The number of aromatic nitrogens is 2. The lowest BCUT2D eigenvalue weighted by molar-refractivity contribution is 0.102. The van der Waals surface area contributed by atoms with Gasteiger partial charge < -0.3 is 5.32 Å². The van der Waals surface area contributed by atoms with Crippen LogP contribution in [0.3, 0.4) is 0 Å². The van der Waals surface area contributed by atoms with Crippen LogP contribution in [-0.2, 0) is 15.8 Å². The van der Waals surface area contributed by atoms with Crippen molar-refractivity contribution in [2.24, 2.45) is 0 Å². The summed E-state index contributed by atoms with van der Waals surface area (Å²) in [4.78, 5) is 12.4. The maximum Gasteiger partial charge on any atom is 0.286 e. The first-order chi connectivity index (χ1) is 14.9. The molecule has 10 heteroatoms. The first-order valence-electron chi connectivity index (χ1n) is 9.83. The van der Waals surface area contributed by atoms with Crippen LogP contribution in [-0.4, -0.2) is 41.9 Å². The van der Waals surface area contributed by atoms with Gasteiger partial charge in [0.2, 0.25) is 15.0 Å². The molecule has 1 amide bonds. The molecule has 162 valence electrons. The molecule has 0 saturated carbocycles. The fraction of sp³-hybridized carbons (Fsp3) is 0.286. The molecular formula is C21H21FN4O3S2. The number of anilines is 1. The largest absolute Gasteiger partial charge is 0.320 e. The third kappa shape index (κ3) is 5.33. The summed E-state index contributed by atoms with van der Waals surface area (Å²) >= 11 is 1.14. The van der Waals surface area contributed by atoms with Gasteiger partial charge in [0.05, 0.1) is 5.75 Å². The van der Waals surface area contributed by atoms with E-state index in [0.717, 1.165) is 23.3 Å². The third-order valence-electron chi connectivity index (χ3n) is 5.04. The van der Waals surface area contributed by atoms with E-state index < -0.39 is 21.7 Å². The number of hydrogen-bond acceptors (Lipinski definition) is 6. The van der Waals surface area contributed by atoms with Crippen LogP contribution in [0.5, 0.6) is 0 Å². The van der Waals surface area contributed by atoms with Gasteiger partial charge in [-0.3, -0.25) is 4.79 Å². The Morgan fingerprint density at radius 3 is 2.74 bits per heavy atom. The molecule has 31 heavy (non-hydrogen) atoms. The van der Waals surface area contributed by atoms with Crippen molar-refractivity contribution in [2.45, 2.75) is 24.5 Å². The fourth-order valence-corrected chi connectivity index (χ4v) is 5.99. The first-order valence-corrected chi connectivity index (χ1v) is 12.3. The standard InChI is InChI=1S/C21H21FN4O3S2/c22-17-9-4-10-18(12-17)23-19(27)21-25-24-20(30-21)16-8-5-11-26(13-16)31(28,29)14-15-6-2-1-3-7-15/h1-4,6-7,9-10,12,16H,5,8,11,13-14H2,(H,23,27)/t16-/m0/s1. The number of carbonyl (C=O) groups is 1. The van der Waals surface area contributed by atoms with E-state index in [9.17, 15) is 17.6 Å². The van der Waals surface area contributed by atoms with Crippen LogP contribution in [0, 0.1) is 5.82 Å². The van der Waals surface area contributed by atoms with Crippen LogP contribution in [0.1, 0.15) is 39.1 Å². The minimum atomic E-state index is -3.46. The van der Waals surface area contributed by atoms with Gasteiger partial charge in [0.15, 0.2) is 0 Å². The summed E-state index contributed by atoms with van der Waals surface area (Å²) in [6.07, 6.45) is 1.49. The Morgan fingerprint density at radius 2 is 1.97 bits per heavy atom. The van der Waals surface area contributed by atoms with Gasteiger partial charge in [0.25, 0.3) is 5.91 Å². The molecule has 1 atom stereocenters. The average molecular weight is 461 g/mol. The molecule has 0 unspecified atom stereocenters. The van der Waals surface area contributed by atoms with Crippen molar-refractivity contribution in [1.29, 1.82) is 0 Å². The molecule has 1 saturated heterocycles. The van der Waals surface area contributed by atoms with E-state index in [0.29, 0.717) is 30.2 Å². The van der Waals surface area contributed by atoms with E-state index in [-0.39, 0.29) is 16.7 Å². The van der Waals surface area contributed by atoms with Gasteiger partial charge in [0.1, 0.15) is 10.8 Å². The van der Waals surface area contributed by atoms with Gasteiger partial charge in [-0.05, 0) is 36.6 Å². The molecule has 0 bridgehead atoms. The second kappa shape index (κ2) is 9.21. The predicted molar refractivity (Wildman–Crippen MR) is 117 cm³/mol. The van der Waals surface area contributed by atoms with E-state index in [4.69, 9.17) is 0 Å². The van der Waals surface area contributed by atoms with Crippen LogP contribution >= 0.6 is 11.3 Å². The molecule has 0 radical (unpaired) electrons. The summed E-state index contributed by atoms with van der Waals surface area (Å²) in [5.41, 5.74) is 1.08. The molecule has 1 aromatic heterocycles. The van der Waals surface area contributed by atoms with Gasteiger partial charge in [-0.25, -0.2) is 17.1 Å². The smallest absolute Gasteiger partial charge is 0.286 e. The summed E-state index contributed by atoms with van der Waals surface area (Å²) in [6, 6.07) is 14.7. The Hall–Kier alpha value is -2.69. The van der Waals surface area contributed by atoms with Crippen molar-refractivity contribution in [1.82, 2.24) is 14.5 Å². The molecular weight excluding hydrogens is 439 g/mol. The van der Waals surface area contributed by atoms with Crippen molar-refractivity contribution in [2.75, 3.05) is 18.4 Å². The van der Waals surface area contributed by atoms with E-state index >= 15 is 0 Å². The molecule has 1 fully saturated rings. The average Bonchev–Trinajstić information content (AvgIpc) is 3.25. The second-order valence-corrected chi connectivity index (χ2v) is 10.3. The van der Waals surface area contributed by atoms with E-state index in [1.807, 2.05) is 18.2 Å². The molecule has 7 nitrogen and oxygen atoms in total. The fourth-order valence-electron chi connectivity index (χ4n) is 3.51. The Kier molecular flexibility index (Phi) is 6.40. The Morgan fingerprint density at radius 1 is 1.16 bits per heavy atom. The zero-order chi connectivity index (χ0) is 21.8. The van der Waals surface area contributed by atoms with Crippen LogP contribution in [0.15, 0.2) is 54.6 Å². The number of carbonyl (C=O) groups excluding carboxylic acids is 1. The first kappa shape index (κ1) is 21.5. The molecule has 0 aliphatic carbocycles. The molecule has 1 aliphatic heterocycles. The maximum absolute atomic E-state index is 13.3. The van der Waals surface area contributed by atoms with Gasteiger partial charge in [-0.15, -0.1) is 10.2 Å². The number of nitrogens with zero attached hydrogens (tertiary/aromatic N) is 3. The second-order valence-electron chi connectivity index (χ2n) is 7.35. The summed E-state index contributed by atoms with van der Waals surface area (Å²) < 4.78 is 40.6. The highest BCUT2D eigenvalue weighted by Crippen LogP contribution is 2.31. The number of rotatable bonds is 6. The summed E-state index contributed by atoms with van der Waals surface area (Å²) in [6.45, 7) is 0.784. The van der Waals surface area contributed by atoms with Crippen molar-refractivity contribution >= 4 is 33.0 Å². The molecule has 3 aromatic rings. The Bertz CT molecular complexity index is 1170. The van der Waals surface area contributed by atoms with E-state index in [2.05, 4.69) is 15.5 Å². The zero-order valence-electron chi connectivity index (χ0n) is 16.6. The minimum absolute atomic E-state index is 0.0437. The number of hydrogen-bond donors (Lipinski definition) is 1. The number of amides is 1. The van der Waals surface area contributed by atoms with Gasteiger partial charge in [0, 0.05) is 24.7 Å². The van der Waals surface area contributed by atoms with Crippen LogP contribution < -0.4 is 5.32 Å².